The molecule has 0 aromatic heterocycles. The van der Waals surface area contributed by atoms with Crippen molar-refractivity contribution in [3.8, 4) is 5.75 Å². The number of hydrogen-bond donors (Lipinski definition) is 2. The maximum Gasteiger partial charge on any atom is 0.344 e. The van der Waals surface area contributed by atoms with Gasteiger partial charge in [0.1, 0.15) is 11.3 Å². The van der Waals surface area contributed by atoms with Gasteiger partial charge in [-0.25, -0.2) is 9.80 Å². The molecule has 2 aromatic rings. The van der Waals surface area contributed by atoms with Gasteiger partial charge >= 0.3 is 5.97 Å². The van der Waals surface area contributed by atoms with Crippen LogP contribution in [0.4, 0.5) is 5.69 Å². The number of benzene rings is 2. The molecule has 9 heteroatoms. The lowest BCUT2D eigenvalue weighted by atomic mass is 10.1. The number of carboxylic acid groups (broad SMARTS) is 1. The minimum absolute atomic E-state index is 0.133. The molecule has 1 fully saturated rings. The number of anilines is 1. The third-order valence-electron chi connectivity index (χ3n) is 3.89. The average Bonchev–Trinajstić information content (AvgIpc) is 2.93. The van der Waals surface area contributed by atoms with Crippen molar-refractivity contribution in [1.82, 2.24) is 5.43 Å². The molecule has 0 aliphatic carbocycles. The summed E-state index contributed by atoms with van der Waals surface area (Å²) < 4.78 is 5.87. The molecule has 1 aliphatic rings. The molecule has 1 heterocycles. The Kier molecular flexibility index (Phi) is 5.71. The molecule has 2 amide bonds. The standard InChI is InChI=1S/C19H14BrClN2O5/c1-10(19(26)27)28-16-11(7-12(21)9-15(16)20)8-14-17(24)22-23(18(14)25)13-5-3-2-4-6-13/h2-10H,1H3,(H,22,24)(H,26,27)/b14-8-/t10-/m0/s1. The number of hydrogen-bond acceptors (Lipinski definition) is 4. The molecule has 1 saturated heterocycles. The van der Waals surface area contributed by atoms with E-state index in [9.17, 15) is 14.4 Å². The number of nitrogens with zero attached hydrogens (tertiary/aromatic N) is 1. The first kappa shape index (κ1) is 19.9. The molecule has 1 aliphatic heterocycles. The van der Waals surface area contributed by atoms with Crippen LogP contribution in [0.5, 0.6) is 5.75 Å². The van der Waals surface area contributed by atoms with Crippen molar-refractivity contribution in [3.05, 3.63) is 63.1 Å². The monoisotopic (exact) mass is 464 g/mol. The molecule has 0 radical (unpaired) electrons. The van der Waals surface area contributed by atoms with Gasteiger partial charge in [0.2, 0.25) is 0 Å². The lowest BCUT2D eigenvalue weighted by molar-refractivity contribution is -0.144. The summed E-state index contributed by atoms with van der Waals surface area (Å²) in [5, 5.41) is 10.6. The van der Waals surface area contributed by atoms with Gasteiger partial charge < -0.3 is 9.84 Å². The van der Waals surface area contributed by atoms with Crippen LogP contribution in [0.2, 0.25) is 5.02 Å². The number of carbonyl (C=O) groups is 3. The Balaban J connectivity index is 2.02. The van der Waals surface area contributed by atoms with Crippen LogP contribution in [0.1, 0.15) is 12.5 Å². The lowest BCUT2D eigenvalue weighted by Crippen LogP contribution is -2.35. The van der Waals surface area contributed by atoms with Crippen LogP contribution in [-0.2, 0) is 14.4 Å². The van der Waals surface area contributed by atoms with Crippen molar-refractivity contribution in [2.75, 3.05) is 5.01 Å². The number of para-hydroxylation sites is 1. The summed E-state index contributed by atoms with van der Waals surface area (Å²) in [7, 11) is 0. The topological polar surface area (TPSA) is 95.9 Å². The van der Waals surface area contributed by atoms with E-state index in [0.717, 1.165) is 5.01 Å². The maximum absolute atomic E-state index is 12.7. The molecule has 1 atom stereocenters. The number of aliphatic carboxylic acids is 1. The van der Waals surface area contributed by atoms with E-state index in [2.05, 4.69) is 21.4 Å². The largest absolute Gasteiger partial charge is 0.479 e. The summed E-state index contributed by atoms with van der Waals surface area (Å²) in [6.45, 7) is 1.37. The summed E-state index contributed by atoms with van der Waals surface area (Å²) in [4.78, 5) is 36.2. The number of ether oxygens (including phenoxy) is 1. The quantitative estimate of drug-likeness (QED) is 0.521. The number of hydrazine groups is 1. The fourth-order valence-electron chi connectivity index (χ4n) is 2.51. The van der Waals surface area contributed by atoms with Crippen LogP contribution in [0.25, 0.3) is 6.08 Å². The number of halogens is 2. The van der Waals surface area contributed by atoms with Crippen LogP contribution in [0.3, 0.4) is 0 Å². The molecule has 0 bridgehead atoms. The van der Waals surface area contributed by atoms with E-state index in [1.54, 1.807) is 30.3 Å². The molecule has 0 spiro atoms. The second-order valence-corrected chi connectivity index (χ2v) is 7.17. The molecular weight excluding hydrogens is 452 g/mol. The molecule has 28 heavy (non-hydrogen) atoms. The Morgan fingerprint density at radius 3 is 2.61 bits per heavy atom. The normalized spacial score (nSPS) is 16.2. The van der Waals surface area contributed by atoms with Crippen LogP contribution in [0, 0.1) is 0 Å². The highest BCUT2D eigenvalue weighted by Gasteiger charge is 2.34. The predicted molar refractivity (Wildman–Crippen MR) is 107 cm³/mol. The van der Waals surface area contributed by atoms with Gasteiger partial charge in [0.25, 0.3) is 11.8 Å². The highest BCUT2D eigenvalue weighted by molar-refractivity contribution is 9.10. The van der Waals surface area contributed by atoms with Crippen molar-refractivity contribution >= 4 is 57.1 Å². The maximum atomic E-state index is 12.7. The fraction of sp³-hybridized carbons (Fsp3) is 0.105. The van der Waals surface area contributed by atoms with Crippen LogP contribution < -0.4 is 15.2 Å². The number of carboxylic acids is 1. The van der Waals surface area contributed by atoms with Crippen LogP contribution in [0.15, 0.2) is 52.5 Å². The third kappa shape index (κ3) is 4.02. The van der Waals surface area contributed by atoms with E-state index in [4.69, 9.17) is 21.4 Å². The zero-order valence-electron chi connectivity index (χ0n) is 14.5. The smallest absolute Gasteiger partial charge is 0.344 e. The summed E-state index contributed by atoms with van der Waals surface area (Å²) >= 11 is 9.35. The van der Waals surface area contributed by atoms with Gasteiger partial charge in [-0.3, -0.25) is 15.0 Å². The van der Waals surface area contributed by atoms with Gasteiger partial charge in [0, 0.05) is 10.6 Å². The molecular formula is C19H14BrClN2O5. The first-order valence-corrected chi connectivity index (χ1v) is 9.25. The molecule has 0 saturated carbocycles. The number of carbonyl (C=O) groups excluding carboxylic acids is 2. The second-order valence-electron chi connectivity index (χ2n) is 5.88. The Labute approximate surface area is 173 Å². The first-order valence-electron chi connectivity index (χ1n) is 8.08. The van der Waals surface area contributed by atoms with E-state index in [1.165, 1.54) is 25.1 Å². The first-order chi connectivity index (χ1) is 13.3. The molecule has 0 unspecified atom stereocenters. The Morgan fingerprint density at radius 1 is 1.29 bits per heavy atom. The predicted octanol–water partition coefficient (Wildman–Crippen LogP) is 3.42. The van der Waals surface area contributed by atoms with E-state index in [-0.39, 0.29) is 11.3 Å². The van der Waals surface area contributed by atoms with Crippen molar-refractivity contribution in [2.45, 2.75) is 13.0 Å². The number of nitrogens with one attached hydrogen (secondary N) is 1. The van der Waals surface area contributed by atoms with Gasteiger partial charge in [-0.2, -0.15) is 0 Å². The second kappa shape index (κ2) is 8.04. The van der Waals surface area contributed by atoms with Gasteiger partial charge in [0.05, 0.1) is 10.2 Å². The average molecular weight is 466 g/mol. The lowest BCUT2D eigenvalue weighted by Gasteiger charge is -2.15. The Morgan fingerprint density at radius 2 is 1.96 bits per heavy atom. The number of amides is 2. The minimum Gasteiger partial charge on any atom is -0.479 e. The molecule has 7 nitrogen and oxygen atoms in total. The summed E-state index contributed by atoms with van der Waals surface area (Å²) in [6.07, 6.45) is 0.171. The van der Waals surface area contributed by atoms with E-state index >= 15 is 0 Å². The zero-order chi connectivity index (χ0) is 20.4. The van der Waals surface area contributed by atoms with Gasteiger partial charge in [-0.1, -0.05) is 29.8 Å². The van der Waals surface area contributed by atoms with Crippen LogP contribution >= 0.6 is 27.5 Å². The van der Waals surface area contributed by atoms with Crippen molar-refractivity contribution in [2.24, 2.45) is 0 Å². The van der Waals surface area contributed by atoms with Crippen molar-refractivity contribution < 1.29 is 24.2 Å². The molecule has 3 rings (SSSR count). The highest BCUT2D eigenvalue weighted by Crippen LogP contribution is 2.35. The van der Waals surface area contributed by atoms with Crippen molar-refractivity contribution in [3.63, 3.8) is 0 Å². The zero-order valence-corrected chi connectivity index (χ0v) is 16.8. The van der Waals surface area contributed by atoms with Gasteiger partial charge in [-0.05, 0) is 53.2 Å². The van der Waals surface area contributed by atoms with Crippen molar-refractivity contribution in [1.29, 1.82) is 0 Å². The van der Waals surface area contributed by atoms with Crippen LogP contribution in [-0.4, -0.2) is 29.0 Å². The summed E-state index contributed by atoms with van der Waals surface area (Å²) in [6, 6.07) is 11.6. The van der Waals surface area contributed by atoms with E-state index in [0.29, 0.717) is 20.7 Å². The SMILES string of the molecule is C[C@H](Oc1c(Br)cc(Cl)cc1/C=C1/C(=O)NN(c2ccccc2)C1=O)C(=O)O. The van der Waals surface area contributed by atoms with Gasteiger partial charge in [0.15, 0.2) is 6.10 Å². The summed E-state index contributed by atoms with van der Waals surface area (Å²) in [5.41, 5.74) is 3.16. The summed E-state index contributed by atoms with van der Waals surface area (Å²) in [5.74, 6) is -2.15. The molecule has 2 aromatic carbocycles. The number of rotatable bonds is 5. The Hall–Kier alpha value is -2.84. The fourth-order valence-corrected chi connectivity index (χ4v) is 3.44. The molecule has 2 N–H and O–H groups in total. The third-order valence-corrected chi connectivity index (χ3v) is 4.69. The Bertz CT molecular complexity index is 993. The van der Waals surface area contributed by atoms with E-state index in [1.807, 2.05) is 0 Å². The molecule has 144 valence electrons. The van der Waals surface area contributed by atoms with E-state index < -0.39 is 23.9 Å². The van der Waals surface area contributed by atoms with Gasteiger partial charge in [-0.15, -0.1) is 0 Å². The highest BCUT2D eigenvalue weighted by atomic mass is 79.9. The minimum atomic E-state index is -1.16.